The van der Waals surface area contributed by atoms with Crippen molar-refractivity contribution in [2.24, 2.45) is 0 Å². The number of aliphatic hydroxyl groups is 1. The molecule has 0 aliphatic carbocycles. The Labute approximate surface area is 277 Å². The molecule has 1 saturated heterocycles. The van der Waals surface area contributed by atoms with E-state index < -0.39 is 6.10 Å². The minimum atomic E-state index is -0.652. The lowest BCUT2D eigenvalue weighted by Gasteiger charge is -2.38. The van der Waals surface area contributed by atoms with Crippen LogP contribution in [0.2, 0.25) is 0 Å². The SMILES string of the molecule is CC[N+]1(c2ccccc2OCC(O)CN2CCN(CCc3cc(OC)c(OC)c(OC)c3)CC2)Sc2cc(C)ccc2C(C)C1=O. The molecule has 3 atom stereocenters. The zero-order valence-electron chi connectivity index (χ0n) is 28.0. The molecule has 1 fully saturated rings. The van der Waals surface area contributed by atoms with E-state index in [0.29, 0.717) is 36.1 Å². The standard InChI is InChI=1S/C36H48N3O6S/c1-7-39(36(41)26(3)29-13-12-25(2)20-34(29)46-39)30-10-8-9-11-31(30)45-24-28(40)23-38-18-16-37(17-19-38)15-14-27-21-32(42-4)35(44-6)33(22-27)43-5/h8-13,20-22,26,28,40H,7,14-19,23-24H2,1-6H3/q+1. The van der Waals surface area contributed by atoms with Crippen LogP contribution in [0.25, 0.3) is 0 Å². The molecule has 0 radical (unpaired) electrons. The van der Waals surface area contributed by atoms with Gasteiger partial charge in [-0.3, -0.25) is 4.90 Å². The number of aliphatic hydroxyl groups excluding tert-OH is 1. The molecule has 0 bridgehead atoms. The van der Waals surface area contributed by atoms with Crippen LogP contribution in [0, 0.1) is 6.92 Å². The van der Waals surface area contributed by atoms with Crippen molar-refractivity contribution in [3.8, 4) is 23.0 Å². The third-order valence-corrected chi connectivity index (χ3v) is 10.6. The number of β-amino-alcohol motifs (C(OH)–C–C–N with tert-alkyl or cyclic N) is 1. The summed E-state index contributed by atoms with van der Waals surface area (Å²) in [5.74, 6) is 2.50. The van der Waals surface area contributed by atoms with Gasteiger partial charge in [-0.25, -0.2) is 4.79 Å². The molecular formula is C36H48N3O6S+. The average Bonchev–Trinajstić information content (AvgIpc) is 3.08. The van der Waals surface area contributed by atoms with Gasteiger partial charge in [-0.15, -0.1) is 0 Å². The Bertz CT molecular complexity index is 1490. The summed E-state index contributed by atoms with van der Waals surface area (Å²) in [5.41, 5.74) is 4.22. The number of ether oxygens (including phenoxy) is 4. The van der Waals surface area contributed by atoms with Crippen molar-refractivity contribution < 1.29 is 28.8 Å². The van der Waals surface area contributed by atoms with Crippen molar-refractivity contribution in [2.75, 3.05) is 73.7 Å². The molecule has 10 heteroatoms. The lowest BCUT2D eigenvalue weighted by Crippen LogP contribution is -2.52. The van der Waals surface area contributed by atoms with Gasteiger partial charge in [0.1, 0.15) is 24.7 Å². The summed E-state index contributed by atoms with van der Waals surface area (Å²) in [6.45, 7) is 11.9. The van der Waals surface area contributed by atoms with Gasteiger partial charge in [-0.2, -0.15) is 3.89 Å². The van der Waals surface area contributed by atoms with E-state index in [9.17, 15) is 9.90 Å². The molecule has 2 heterocycles. The first-order valence-corrected chi connectivity index (χ1v) is 16.9. The van der Waals surface area contributed by atoms with Gasteiger partial charge >= 0.3 is 5.91 Å². The molecule has 2 aliphatic rings. The van der Waals surface area contributed by atoms with Crippen LogP contribution in [0.3, 0.4) is 0 Å². The smallest absolute Gasteiger partial charge is 0.337 e. The molecule has 0 saturated carbocycles. The summed E-state index contributed by atoms with van der Waals surface area (Å²) in [6.07, 6.45) is 0.218. The van der Waals surface area contributed by atoms with Crippen LogP contribution in [0.15, 0.2) is 59.5 Å². The van der Waals surface area contributed by atoms with Gasteiger partial charge in [0.2, 0.25) is 5.75 Å². The van der Waals surface area contributed by atoms with E-state index >= 15 is 0 Å². The fourth-order valence-corrected chi connectivity index (χ4v) is 8.02. The lowest BCUT2D eigenvalue weighted by atomic mass is 9.97. The Morgan fingerprint density at radius 3 is 2.26 bits per heavy atom. The number of hydrogen-bond acceptors (Lipinski definition) is 9. The van der Waals surface area contributed by atoms with Gasteiger partial charge in [0.05, 0.1) is 38.7 Å². The lowest BCUT2D eigenvalue weighted by molar-refractivity contribution is -0.127. The minimum absolute atomic E-state index is 0.127. The summed E-state index contributed by atoms with van der Waals surface area (Å²) in [6, 6.07) is 18.1. The normalized spacial score (nSPS) is 21.0. The molecule has 2 aliphatic heterocycles. The Balaban J connectivity index is 1.15. The van der Waals surface area contributed by atoms with Crippen LogP contribution >= 0.6 is 11.9 Å². The van der Waals surface area contributed by atoms with E-state index in [1.165, 1.54) is 5.56 Å². The maximum absolute atomic E-state index is 13.9. The van der Waals surface area contributed by atoms with Crippen molar-refractivity contribution in [3.05, 3.63) is 71.3 Å². The highest BCUT2D eigenvalue weighted by Gasteiger charge is 2.50. The van der Waals surface area contributed by atoms with Crippen LogP contribution in [-0.2, 0) is 11.2 Å². The maximum atomic E-state index is 13.9. The van der Waals surface area contributed by atoms with Gasteiger partial charge in [-0.1, -0.05) is 24.3 Å². The Kier molecular flexibility index (Phi) is 11.2. The number of rotatable bonds is 13. The number of aryl methyl sites for hydroxylation is 1. The number of carbonyl (C=O) groups excluding carboxylic acids is 1. The quantitative estimate of drug-likeness (QED) is 0.196. The molecule has 3 aromatic carbocycles. The number of fused-ring (bicyclic) bond motifs is 1. The average molecular weight is 651 g/mol. The zero-order valence-corrected chi connectivity index (χ0v) is 28.8. The van der Waals surface area contributed by atoms with Crippen LogP contribution < -0.4 is 22.8 Å². The Morgan fingerprint density at radius 1 is 0.935 bits per heavy atom. The van der Waals surface area contributed by atoms with E-state index in [0.717, 1.165) is 60.9 Å². The molecule has 3 unspecified atom stereocenters. The number of methoxy groups -OCH3 is 3. The second kappa shape index (κ2) is 15.1. The predicted molar refractivity (Wildman–Crippen MR) is 183 cm³/mol. The highest BCUT2D eigenvalue weighted by Crippen LogP contribution is 2.50. The molecule has 3 aromatic rings. The second-order valence-corrected chi connectivity index (χ2v) is 13.4. The molecule has 46 heavy (non-hydrogen) atoms. The van der Waals surface area contributed by atoms with Crippen LogP contribution in [-0.4, -0.2) is 101 Å². The number of piperazine rings is 1. The fourth-order valence-electron chi connectivity index (χ4n) is 6.47. The van der Waals surface area contributed by atoms with E-state index in [1.807, 2.05) is 50.2 Å². The van der Waals surface area contributed by atoms with Crippen molar-refractivity contribution in [1.29, 1.82) is 0 Å². The topological polar surface area (TPSA) is 80.7 Å². The van der Waals surface area contributed by atoms with Crippen LogP contribution in [0.1, 0.15) is 36.5 Å². The first-order chi connectivity index (χ1) is 22.2. The summed E-state index contributed by atoms with van der Waals surface area (Å²) >= 11 is 1.58. The number of hydrogen-bond donors (Lipinski definition) is 1. The second-order valence-electron chi connectivity index (χ2n) is 12.1. The summed E-state index contributed by atoms with van der Waals surface area (Å²) in [7, 11) is 4.88. The summed E-state index contributed by atoms with van der Waals surface area (Å²) in [4.78, 5) is 19.8. The van der Waals surface area contributed by atoms with Gasteiger partial charge < -0.3 is 29.0 Å². The van der Waals surface area contributed by atoms with E-state index in [2.05, 4.69) is 34.9 Å². The molecule has 1 N–H and O–H groups in total. The molecule has 5 rings (SSSR count). The zero-order chi connectivity index (χ0) is 32.8. The molecule has 9 nitrogen and oxygen atoms in total. The van der Waals surface area contributed by atoms with Crippen LogP contribution in [0.4, 0.5) is 5.69 Å². The Hall–Kier alpha value is -3.28. The van der Waals surface area contributed by atoms with Crippen molar-refractivity contribution in [3.63, 3.8) is 0 Å². The molecule has 248 valence electrons. The third-order valence-electron chi connectivity index (χ3n) is 9.12. The van der Waals surface area contributed by atoms with E-state index in [4.69, 9.17) is 18.9 Å². The molecule has 0 aromatic heterocycles. The number of amides is 1. The monoisotopic (exact) mass is 650 g/mol. The number of likely N-dealkylation sites (N-methyl/N-ethyl adjacent to an activating group) is 1. The predicted octanol–water partition coefficient (Wildman–Crippen LogP) is 5.30. The van der Waals surface area contributed by atoms with E-state index in [-0.39, 0.29) is 22.3 Å². The number of para-hydroxylation sites is 2. The third kappa shape index (κ3) is 7.16. The van der Waals surface area contributed by atoms with Crippen molar-refractivity contribution >= 4 is 23.5 Å². The number of carbonyl (C=O) groups is 1. The first kappa shape index (κ1) is 34.1. The van der Waals surface area contributed by atoms with E-state index in [1.54, 1.807) is 33.3 Å². The number of nitrogens with zero attached hydrogens (tertiary/aromatic N) is 3. The van der Waals surface area contributed by atoms with Gasteiger partial charge in [0.15, 0.2) is 22.9 Å². The Morgan fingerprint density at radius 2 is 1.61 bits per heavy atom. The summed E-state index contributed by atoms with van der Waals surface area (Å²) in [5, 5.41) is 11.0. The maximum Gasteiger partial charge on any atom is 0.337 e. The minimum Gasteiger partial charge on any atom is -0.493 e. The molecule has 0 spiro atoms. The highest BCUT2D eigenvalue weighted by atomic mass is 32.2. The fraction of sp³-hybridized carbons (Fsp3) is 0.472. The number of benzene rings is 3. The highest BCUT2D eigenvalue weighted by molar-refractivity contribution is 7.99. The number of quaternary nitrogens is 1. The molecular weight excluding hydrogens is 602 g/mol. The van der Waals surface area contributed by atoms with Gasteiger partial charge in [0.25, 0.3) is 0 Å². The van der Waals surface area contributed by atoms with Gasteiger partial charge in [-0.05, 0) is 68.1 Å². The first-order valence-electron chi connectivity index (χ1n) is 16.1. The summed E-state index contributed by atoms with van der Waals surface area (Å²) < 4.78 is 22.9. The van der Waals surface area contributed by atoms with Crippen molar-refractivity contribution in [1.82, 2.24) is 13.7 Å². The van der Waals surface area contributed by atoms with Crippen molar-refractivity contribution in [2.45, 2.75) is 44.1 Å². The molecule has 1 amide bonds. The van der Waals surface area contributed by atoms with Crippen LogP contribution in [0.5, 0.6) is 23.0 Å². The van der Waals surface area contributed by atoms with Gasteiger partial charge in [0, 0.05) is 45.3 Å². The largest absolute Gasteiger partial charge is 0.493 e.